The number of rotatable bonds is 5. The van der Waals surface area contributed by atoms with Crippen LogP contribution in [0.2, 0.25) is 0 Å². The molecule has 0 aliphatic carbocycles. The van der Waals surface area contributed by atoms with Crippen LogP contribution < -0.4 is 9.80 Å². The van der Waals surface area contributed by atoms with Crippen LogP contribution in [-0.4, -0.2) is 43.6 Å². The number of sulfone groups is 1. The van der Waals surface area contributed by atoms with Crippen molar-refractivity contribution in [2.75, 3.05) is 29.1 Å². The molecule has 1 fully saturated rings. The summed E-state index contributed by atoms with van der Waals surface area (Å²) >= 11 is 0. The quantitative estimate of drug-likeness (QED) is 0.255. The van der Waals surface area contributed by atoms with Crippen molar-refractivity contribution in [2.45, 2.75) is 31.1 Å². The van der Waals surface area contributed by atoms with Crippen molar-refractivity contribution in [1.29, 1.82) is 5.26 Å². The van der Waals surface area contributed by atoms with Crippen LogP contribution in [0.25, 0.3) is 11.6 Å². The maximum atomic E-state index is 13.8. The van der Waals surface area contributed by atoms with Crippen LogP contribution in [0, 0.1) is 28.4 Å². The van der Waals surface area contributed by atoms with Gasteiger partial charge in [0.15, 0.2) is 9.84 Å². The number of anilines is 3. The molecule has 2 aliphatic rings. The summed E-state index contributed by atoms with van der Waals surface area (Å²) < 4.78 is 23.9. The Labute approximate surface area is 225 Å². The fourth-order valence-corrected chi connectivity index (χ4v) is 5.59. The van der Waals surface area contributed by atoms with Crippen molar-refractivity contribution in [1.82, 2.24) is 4.98 Å². The van der Waals surface area contributed by atoms with Crippen LogP contribution in [0.3, 0.4) is 0 Å². The molecule has 2 aliphatic heterocycles. The molecular formula is C28H25N5O5S. The Morgan fingerprint density at radius 2 is 1.77 bits per heavy atom. The Kier molecular flexibility index (Phi) is 6.66. The largest absolute Gasteiger partial charge is 0.351 e. The number of nitro groups is 1. The van der Waals surface area contributed by atoms with Crippen LogP contribution in [0.4, 0.5) is 22.9 Å². The van der Waals surface area contributed by atoms with Gasteiger partial charge in [-0.2, -0.15) is 5.26 Å². The van der Waals surface area contributed by atoms with Gasteiger partial charge in [0, 0.05) is 36.7 Å². The summed E-state index contributed by atoms with van der Waals surface area (Å²) in [4.78, 5) is 33.2. The number of carbonyl (C=O) groups excluding carboxylic acids is 1. The number of benzene rings is 2. The van der Waals surface area contributed by atoms with E-state index in [4.69, 9.17) is 0 Å². The Morgan fingerprint density at radius 1 is 1.08 bits per heavy atom. The van der Waals surface area contributed by atoms with Crippen molar-refractivity contribution in [3.8, 4) is 6.07 Å². The second-order valence-electron chi connectivity index (χ2n) is 9.64. The average Bonchev–Trinajstić information content (AvgIpc) is 3.17. The van der Waals surface area contributed by atoms with Crippen LogP contribution in [0.5, 0.6) is 0 Å². The third kappa shape index (κ3) is 4.86. The summed E-state index contributed by atoms with van der Waals surface area (Å²) in [5, 5.41) is 21.4. The lowest BCUT2D eigenvalue weighted by Crippen LogP contribution is -2.30. The van der Waals surface area contributed by atoms with Crippen molar-refractivity contribution >= 4 is 50.3 Å². The highest BCUT2D eigenvalue weighted by molar-refractivity contribution is 7.90. The molecule has 0 saturated carbocycles. The minimum Gasteiger partial charge on any atom is -0.351 e. The number of piperidine rings is 1. The lowest BCUT2D eigenvalue weighted by Gasteiger charge is -2.27. The summed E-state index contributed by atoms with van der Waals surface area (Å²) in [7, 11) is -3.42. The summed E-state index contributed by atoms with van der Waals surface area (Å²) in [6, 6.07) is 14.5. The standard InChI is InChI=1S/C28H25N5O5S/c1-18-14-26-23(15-19(18)17-29)24(28(34)32(26)21-7-9-22(10-8-21)39(2,37)38)16-20-6-11-25(33(35)36)27(30-20)31-12-4-3-5-13-31/h6-11,14-16H,3-5,12-13H2,1-2H3. The summed E-state index contributed by atoms with van der Waals surface area (Å²) in [5.74, 6) is -0.110. The molecule has 3 aromatic rings. The number of nitriles is 1. The SMILES string of the molecule is Cc1cc2c(cc1C#N)C(=Cc1ccc([N+](=O)[O-])c(N3CCCCC3)n1)C(=O)N2c1ccc(S(C)(=O)=O)cc1. The van der Waals surface area contributed by atoms with E-state index in [1.54, 1.807) is 37.3 Å². The monoisotopic (exact) mass is 543 g/mol. The summed E-state index contributed by atoms with van der Waals surface area (Å²) in [6.07, 6.45) is 5.58. The molecule has 10 nitrogen and oxygen atoms in total. The van der Waals surface area contributed by atoms with E-state index in [0.29, 0.717) is 46.8 Å². The highest BCUT2D eigenvalue weighted by atomic mass is 32.2. The van der Waals surface area contributed by atoms with Gasteiger partial charge in [0.1, 0.15) is 0 Å². The first-order valence-corrected chi connectivity index (χ1v) is 14.3. The highest BCUT2D eigenvalue weighted by Gasteiger charge is 2.35. The minimum absolute atomic E-state index is 0.0906. The average molecular weight is 544 g/mol. The number of aryl methyl sites for hydroxylation is 1. The topological polar surface area (TPSA) is 138 Å². The van der Waals surface area contributed by atoms with Gasteiger partial charge in [-0.05, 0) is 80.3 Å². The number of pyridine rings is 1. The van der Waals surface area contributed by atoms with Crippen molar-refractivity contribution in [3.63, 3.8) is 0 Å². The maximum Gasteiger partial charge on any atom is 0.311 e. The van der Waals surface area contributed by atoms with Gasteiger partial charge >= 0.3 is 5.69 Å². The number of carbonyl (C=O) groups is 1. The Bertz CT molecular complexity index is 1680. The zero-order chi connectivity index (χ0) is 27.9. The number of hydrogen-bond donors (Lipinski definition) is 0. The third-order valence-electron chi connectivity index (χ3n) is 6.97. The Hall–Kier alpha value is -4.56. The molecule has 0 spiro atoms. The summed E-state index contributed by atoms with van der Waals surface area (Å²) in [5.41, 5.74) is 3.20. The van der Waals surface area contributed by atoms with Crippen LogP contribution in [0.15, 0.2) is 53.4 Å². The minimum atomic E-state index is -3.42. The molecule has 198 valence electrons. The van der Waals surface area contributed by atoms with Crippen LogP contribution in [0.1, 0.15) is 41.6 Å². The second kappa shape index (κ2) is 9.96. The first-order valence-electron chi connectivity index (χ1n) is 12.4. The fourth-order valence-electron chi connectivity index (χ4n) is 4.96. The van der Waals surface area contributed by atoms with E-state index in [2.05, 4.69) is 11.1 Å². The van der Waals surface area contributed by atoms with E-state index in [9.17, 15) is 28.6 Å². The lowest BCUT2D eigenvalue weighted by atomic mass is 10.00. The molecule has 0 unspecified atom stereocenters. The van der Waals surface area contributed by atoms with E-state index in [-0.39, 0.29) is 27.9 Å². The fraction of sp³-hybridized carbons (Fsp3) is 0.250. The molecular weight excluding hydrogens is 518 g/mol. The molecule has 11 heteroatoms. The number of nitrogens with zero attached hydrogens (tertiary/aromatic N) is 5. The van der Waals surface area contributed by atoms with Crippen molar-refractivity contribution in [2.24, 2.45) is 0 Å². The first kappa shape index (κ1) is 26.1. The highest BCUT2D eigenvalue weighted by Crippen LogP contribution is 2.44. The summed E-state index contributed by atoms with van der Waals surface area (Å²) in [6.45, 7) is 3.11. The number of fused-ring (bicyclic) bond motifs is 1. The maximum absolute atomic E-state index is 13.8. The molecule has 1 aromatic heterocycles. The van der Waals surface area contributed by atoms with Crippen molar-refractivity contribution in [3.05, 3.63) is 81.0 Å². The van der Waals surface area contributed by atoms with E-state index >= 15 is 0 Å². The van der Waals surface area contributed by atoms with Gasteiger partial charge in [-0.15, -0.1) is 0 Å². The number of aromatic nitrogens is 1. The number of amides is 1. The van der Waals surface area contributed by atoms with Gasteiger partial charge in [-0.3, -0.25) is 19.8 Å². The molecule has 0 N–H and O–H groups in total. The zero-order valence-electron chi connectivity index (χ0n) is 21.4. The van der Waals surface area contributed by atoms with Gasteiger partial charge in [-0.25, -0.2) is 13.4 Å². The van der Waals surface area contributed by atoms with Gasteiger partial charge in [0.25, 0.3) is 5.91 Å². The van der Waals surface area contributed by atoms with Crippen LogP contribution in [-0.2, 0) is 14.6 Å². The lowest BCUT2D eigenvalue weighted by molar-refractivity contribution is -0.384. The van der Waals surface area contributed by atoms with Gasteiger partial charge in [0.05, 0.1) is 38.4 Å². The molecule has 5 rings (SSSR count). The molecule has 0 atom stereocenters. The third-order valence-corrected chi connectivity index (χ3v) is 8.10. The molecule has 39 heavy (non-hydrogen) atoms. The molecule has 0 bridgehead atoms. The van der Waals surface area contributed by atoms with Crippen LogP contribution >= 0.6 is 0 Å². The van der Waals surface area contributed by atoms with E-state index in [1.807, 2.05) is 4.90 Å². The number of hydrogen-bond acceptors (Lipinski definition) is 8. The predicted octanol–water partition coefficient (Wildman–Crippen LogP) is 4.78. The van der Waals surface area contributed by atoms with Gasteiger partial charge in [-0.1, -0.05) is 0 Å². The second-order valence-corrected chi connectivity index (χ2v) is 11.7. The normalized spacial score (nSPS) is 16.3. The van der Waals surface area contributed by atoms with E-state index < -0.39 is 14.8 Å². The first-order chi connectivity index (χ1) is 18.6. The molecule has 0 radical (unpaired) electrons. The molecule has 1 amide bonds. The Morgan fingerprint density at radius 3 is 2.38 bits per heavy atom. The molecule has 2 aromatic carbocycles. The molecule has 1 saturated heterocycles. The smallest absolute Gasteiger partial charge is 0.311 e. The van der Waals surface area contributed by atoms with Gasteiger partial charge in [0.2, 0.25) is 5.82 Å². The zero-order valence-corrected chi connectivity index (χ0v) is 22.2. The van der Waals surface area contributed by atoms with E-state index in [1.165, 1.54) is 29.2 Å². The van der Waals surface area contributed by atoms with E-state index in [0.717, 1.165) is 25.5 Å². The predicted molar refractivity (Wildman–Crippen MR) is 147 cm³/mol. The van der Waals surface area contributed by atoms with Crippen molar-refractivity contribution < 1.29 is 18.1 Å². The molecule has 3 heterocycles. The Balaban J connectivity index is 1.64. The van der Waals surface area contributed by atoms with Gasteiger partial charge < -0.3 is 4.90 Å².